The van der Waals surface area contributed by atoms with Crippen LogP contribution in [0.3, 0.4) is 0 Å². The van der Waals surface area contributed by atoms with E-state index < -0.39 is 0 Å². The minimum Gasteiger partial charge on any atom is -0.420 e. The Morgan fingerprint density at radius 1 is 1.42 bits per heavy atom. The lowest BCUT2D eigenvalue weighted by atomic mass is 10.1. The van der Waals surface area contributed by atoms with E-state index in [1.54, 1.807) is 0 Å². The summed E-state index contributed by atoms with van der Waals surface area (Å²) in [5.41, 5.74) is 2.00. The predicted octanol–water partition coefficient (Wildman–Crippen LogP) is 1.87. The van der Waals surface area contributed by atoms with Crippen molar-refractivity contribution in [1.29, 1.82) is 0 Å². The zero-order chi connectivity index (χ0) is 13.2. The first-order valence-corrected chi connectivity index (χ1v) is 6.39. The summed E-state index contributed by atoms with van der Waals surface area (Å²) >= 11 is 0. The van der Waals surface area contributed by atoms with Crippen LogP contribution in [0.1, 0.15) is 24.3 Å². The molecule has 5 heteroatoms. The fourth-order valence-electron chi connectivity index (χ4n) is 1.86. The van der Waals surface area contributed by atoms with E-state index in [1.165, 1.54) is 0 Å². The highest BCUT2D eigenvalue weighted by Gasteiger charge is 2.24. The Balaban J connectivity index is 1.70. The second kappa shape index (κ2) is 4.84. The lowest BCUT2D eigenvalue weighted by molar-refractivity contribution is -0.120. The van der Waals surface area contributed by atoms with Crippen LogP contribution in [0.25, 0.3) is 11.5 Å². The monoisotopic (exact) mass is 257 g/mol. The Kier molecular flexibility index (Phi) is 3.03. The number of amides is 1. The number of nitrogens with one attached hydrogen (secondary N) is 1. The van der Waals surface area contributed by atoms with Crippen molar-refractivity contribution >= 4 is 5.91 Å². The molecule has 1 aliphatic rings. The standard InChI is InChI=1S/C14H15N3O2/c1-9-3-2-4-10(7-9)14-17-16-13(19-14)8-12(18)15-11-5-6-11/h2-4,7,11H,5-6,8H2,1H3,(H,15,18). The molecule has 1 saturated carbocycles. The summed E-state index contributed by atoms with van der Waals surface area (Å²) in [5.74, 6) is 0.759. The molecule has 5 nitrogen and oxygen atoms in total. The lowest BCUT2D eigenvalue weighted by Gasteiger charge is -1.99. The molecule has 3 rings (SSSR count). The van der Waals surface area contributed by atoms with Gasteiger partial charge in [0, 0.05) is 11.6 Å². The third kappa shape index (κ3) is 2.99. The molecule has 2 aromatic rings. The largest absolute Gasteiger partial charge is 0.420 e. The normalized spacial score (nSPS) is 14.4. The summed E-state index contributed by atoms with van der Waals surface area (Å²) in [6.45, 7) is 2.00. The molecule has 1 fully saturated rings. The molecule has 0 saturated heterocycles. The van der Waals surface area contributed by atoms with Crippen molar-refractivity contribution in [2.24, 2.45) is 0 Å². The van der Waals surface area contributed by atoms with E-state index >= 15 is 0 Å². The van der Waals surface area contributed by atoms with Gasteiger partial charge in [-0.15, -0.1) is 10.2 Å². The molecule has 1 amide bonds. The number of rotatable bonds is 4. The van der Waals surface area contributed by atoms with E-state index in [9.17, 15) is 4.79 Å². The molecule has 0 unspecified atom stereocenters. The van der Waals surface area contributed by atoms with E-state index in [0.29, 0.717) is 17.8 Å². The molecule has 0 bridgehead atoms. The summed E-state index contributed by atoms with van der Waals surface area (Å²) in [4.78, 5) is 11.6. The maximum Gasteiger partial charge on any atom is 0.247 e. The van der Waals surface area contributed by atoms with Crippen LogP contribution >= 0.6 is 0 Å². The molecule has 0 atom stereocenters. The van der Waals surface area contributed by atoms with Crippen LogP contribution in [0, 0.1) is 6.92 Å². The molecule has 1 aliphatic carbocycles. The van der Waals surface area contributed by atoms with Gasteiger partial charge in [0.25, 0.3) is 0 Å². The summed E-state index contributed by atoms with van der Waals surface area (Å²) in [7, 11) is 0. The fourth-order valence-corrected chi connectivity index (χ4v) is 1.86. The Bertz CT molecular complexity index is 602. The molecular formula is C14H15N3O2. The minimum absolute atomic E-state index is 0.0538. The summed E-state index contributed by atoms with van der Waals surface area (Å²) in [6.07, 6.45) is 2.30. The van der Waals surface area contributed by atoms with Gasteiger partial charge in [-0.05, 0) is 31.9 Å². The van der Waals surface area contributed by atoms with Gasteiger partial charge in [0.1, 0.15) is 6.42 Å². The van der Waals surface area contributed by atoms with Crippen molar-refractivity contribution in [2.45, 2.75) is 32.2 Å². The first-order chi connectivity index (χ1) is 9.20. The first kappa shape index (κ1) is 11.9. The number of nitrogens with zero attached hydrogens (tertiary/aromatic N) is 2. The zero-order valence-corrected chi connectivity index (χ0v) is 10.7. The maximum atomic E-state index is 11.6. The van der Waals surface area contributed by atoms with Crippen molar-refractivity contribution in [3.8, 4) is 11.5 Å². The van der Waals surface area contributed by atoms with Crippen molar-refractivity contribution in [3.63, 3.8) is 0 Å². The number of carbonyl (C=O) groups excluding carboxylic acids is 1. The lowest BCUT2D eigenvalue weighted by Crippen LogP contribution is -2.27. The van der Waals surface area contributed by atoms with Gasteiger partial charge in [0.05, 0.1) is 0 Å². The third-order valence-electron chi connectivity index (χ3n) is 2.99. The number of aromatic nitrogens is 2. The highest BCUT2D eigenvalue weighted by Crippen LogP contribution is 2.20. The summed E-state index contributed by atoms with van der Waals surface area (Å²) in [5, 5.41) is 10.8. The Labute approximate surface area is 111 Å². The molecule has 1 N–H and O–H groups in total. The topological polar surface area (TPSA) is 68.0 Å². The van der Waals surface area contributed by atoms with Gasteiger partial charge in [0.15, 0.2) is 0 Å². The maximum absolute atomic E-state index is 11.6. The van der Waals surface area contributed by atoms with Crippen molar-refractivity contribution in [2.75, 3.05) is 0 Å². The van der Waals surface area contributed by atoms with Crippen LogP contribution in [-0.2, 0) is 11.2 Å². The van der Waals surface area contributed by atoms with Gasteiger partial charge in [-0.1, -0.05) is 17.7 Å². The fraction of sp³-hybridized carbons (Fsp3) is 0.357. The third-order valence-corrected chi connectivity index (χ3v) is 2.99. The van der Waals surface area contributed by atoms with Crippen molar-refractivity contribution < 1.29 is 9.21 Å². The van der Waals surface area contributed by atoms with Crippen LogP contribution in [0.2, 0.25) is 0 Å². The first-order valence-electron chi connectivity index (χ1n) is 6.39. The Morgan fingerprint density at radius 3 is 3.00 bits per heavy atom. The van der Waals surface area contributed by atoms with Gasteiger partial charge in [-0.3, -0.25) is 4.79 Å². The van der Waals surface area contributed by atoms with E-state index in [1.807, 2.05) is 31.2 Å². The second-order valence-corrected chi connectivity index (χ2v) is 4.89. The van der Waals surface area contributed by atoms with E-state index in [2.05, 4.69) is 15.5 Å². The number of benzene rings is 1. The van der Waals surface area contributed by atoms with E-state index in [0.717, 1.165) is 24.0 Å². The highest BCUT2D eigenvalue weighted by atomic mass is 16.4. The molecule has 1 heterocycles. The van der Waals surface area contributed by atoms with Crippen LogP contribution in [0.15, 0.2) is 28.7 Å². The summed E-state index contributed by atoms with van der Waals surface area (Å²) in [6, 6.07) is 8.18. The smallest absolute Gasteiger partial charge is 0.247 e. The molecule has 0 aliphatic heterocycles. The molecule has 1 aromatic heterocycles. The molecular weight excluding hydrogens is 242 g/mol. The molecule has 0 spiro atoms. The van der Waals surface area contributed by atoms with Crippen LogP contribution in [-0.4, -0.2) is 22.1 Å². The molecule has 19 heavy (non-hydrogen) atoms. The molecule has 0 radical (unpaired) electrons. The minimum atomic E-state index is -0.0538. The predicted molar refractivity (Wildman–Crippen MR) is 69.3 cm³/mol. The van der Waals surface area contributed by atoms with Crippen molar-refractivity contribution in [3.05, 3.63) is 35.7 Å². The van der Waals surface area contributed by atoms with Crippen LogP contribution < -0.4 is 5.32 Å². The van der Waals surface area contributed by atoms with Crippen LogP contribution in [0.4, 0.5) is 0 Å². The van der Waals surface area contributed by atoms with Gasteiger partial charge in [0.2, 0.25) is 17.7 Å². The van der Waals surface area contributed by atoms with Gasteiger partial charge >= 0.3 is 0 Å². The number of aryl methyl sites for hydroxylation is 1. The van der Waals surface area contributed by atoms with Crippen LogP contribution in [0.5, 0.6) is 0 Å². The number of hydrogen-bond acceptors (Lipinski definition) is 4. The highest BCUT2D eigenvalue weighted by molar-refractivity contribution is 5.78. The average molecular weight is 257 g/mol. The van der Waals surface area contributed by atoms with Gasteiger partial charge in [-0.2, -0.15) is 0 Å². The summed E-state index contributed by atoms with van der Waals surface area (Å²) < 4.78 is 5.51. The van der Waals surface area contributed by atoms with Crippen molar-refractivity contribution in [1.82, 2.24) is 15.5 Å². The molecule has 1 aromatic carbocycles. The Hall–Kier alpha value is -2.17. The Morgan fingerprint density at radius 2 is 2.26 bits per heavy atom. The number of carbonyl (C=O) groups is 1. The SMILES string of the molecule is Cc1cccc(-c2nnc(CC(=O)NC3CC3)o2)c1. The second-order valence-electron chi connectivity index (χ2n) is 4.89. The average Bonchev–Trinajstić information content (AvgIpc) is 3.05. The van der Waals surface area contributed by atoms with E-state index in [4.69, 9.17) is 4.42 Å². The zero-order valence-electron chi connectivity index (χ0n) is 10.7. The van der Waals surface area contributed by atoms with Gasteiger partial charge < -0.3 is 9.73 Å². The molecule has 98 valence electrons. The number of hydrogen-bond donors (Lipinski definition) is 1. The quantitative estimate of drug-likeness (QED) is 0.907. The van der Waals surface area contributed by atoms with E-state index in [-0.39, 0.29) is 12.3 Å². The van der Waals surface area contributed by atoms with Gasteiger partial charge in [-0.25, -0.2) is 0 Å².